The molecule has 2 nitrogen and oxygen atoms in total. The molecule has 18 heavy (non-hydrogen) atoms. The van der Waals surface area contributed by atoms with Crippen molar-refractivity contribution in [3.8, 4) is 0 Å². The number of ether oxygens (including phenoxy) is 1. The van der Waals surface area contributed by atoms with E-state index < -0.39 is 5.60 Å². The third-order valence-corrected chi connectivity index (χ3v) is 3.27. The van der Waals surface area contributed by atoms with Crippen LogP contribution in [0.5, 0.6) is 0 Å². The number of rotatable bonds is 8. The van der Waals surface area contributed by atoms with Crippen LogP contribution < -0.4 is 0 Å². The Morgan fingerprint density at radius 3 is 2.56 bits per heavy atom. The highest BCUT2D eigenvalue weighted by atomic mass is 19.1. The van der Waals surface area contributed by atoms with Crippen LogP contribution in [0.15, 0.2) is 36.2 Å². The van der Waals surface area contributed by atoms with Gasteiger partial charge >= 0.3 is 0 Å². The van der Waals surface area contributed by atoms with E-state index in [1.807, 2.05) is 26.0 Å². The smallest absolute Gasteiger partial charge is 0.0911 e. The molecular formula is C15H26FNO. The van der Waals surface area contributed by atoms with E-state index in [-0.39, 0.29) is 0 Å². The van der Waals surface area contributed by atoms with Gasteiger partial charge in [0.1, 0.15) is 0 Å². The number of hydrogen-bond acceptors (Lipinski definition) is 2. The van der Waals surface area contributed by atoms with Crippen LogP contribution in [0.1, 0.15) is 27.2 Å². The Balaban J connectivity index is 4.95. The second-order valence-corrected chi connectivity index (χ2v) is 4.52. The number of hydrogen-bond donors (Lipinski definition) is 0. The molecule has 0 aromatic heterocycles. The number of methoxy groups -OCH3 is 1. The molecule has 0 saturated carbocycles. The Morgan fingerprint density at radius 1 is 1.44 bits per heavy atom. The van der Waals surface area contributed by atoms with E-state index in [4.69, 9.17) is 4.74 Å². The summed E-state index contributed by atoms with van der Waals surface area (Å²) in [6.45, 7) is 8.05. The van der Waals surface area contributed by atoms with Crippen LogP contribution in [0.3, 0.4) is 0 Å². The molecule has 104 valence electrons. The van der Waals surface area contributed by atoms with Gasteiger partial charge in [0, 0.05) is 13.7 Å². The number of halogens is 1. The lowest BCUT2D eigenvalue weighted by Gasteiger charge is -2.31. The normalized spacial score (nSPS) is 16.9. The lowest BCUT2D eigenvalue weighted by atomic mass is 9.90. The van der Waals surface area contributed by atoms with Gasteiger partial charge in [0.2, 0.25) is 0 Å². The molecule has 0 rings (SSSR count). The van der Waals surface area contributed by atoms with Crippen molar-refractivity contribution < 1.29 is 9.13 Å². The highest BCUT2D eigenvalue weighted by Gasteiger charge is 2.26. The summed E-state index contributed by atoms with van der Waals surface area (Å²) in [5.41, 5.74) is 0.584. The first kappa shape index (κ1) is 17.1. The summed E-state index contributed by atoms with van der Waals surface area (Å²) in [6.07, 6.45) is 8.47. The third-order valence-electron chi connectivity index (χ3n) is 3.27. The molecule has 0 aliphatic heterocycles. The second-order valence-electron chi connectivity index (χ2n) is 4.52. The first-order valence-corrected chi connectivity index (χ1v) is 6.38. The lowest BCUT2D eigenvalue weighted by Crippen LogP contribution is -2.34. The van der Waals surface area contributed by atoms with E-state index >= 15 is 0 Å². The summed E-state index contributed by atoms with van der Waals surface area (Å²) in [6, 6.07) is 0. The summed E-state index contributed by atoms with van der Waals surface area (Å²) < 4.78 is 17.8. The van der Waals surface area contributed by atoms with E-state index in [1.165, 1.54) is 6.08 Å². The van der Waals surface area contributed by atoms with E-state index in [0.717, 1.165) is 25.1 Å². The van der Waals surface area contributed by atoms with Gasteiger partial charge in [-0.05, 0) is 45.5 Å². The highest BCUT2D eigenvalue weighted by Crippen LogP contribution is 2.26. The van der Waals surface area contributed by atoms with Crippen LogP contribution in [0.25, 0.3) is 0 Å². The van der Waals surface area contributed by atoms with Gasteiger partial charge in [0.25, 0.3) is 0 Å². The van der Waals surface area contributed by atoms with Crippen LogP contribution in [-0.4, -0.2) is 37.7 Å². The van der Waals surface area contributed by atoms with Crippen molar-refractivity contribution in [1.29, 1.82) is 0 Å². The minimum atomic E-state index is -0.393. The molecule has 3 heteroatoms. The van der Waals surface area contributed by atoms with Crippen molar-refractivity contribution in [3.05, 3.63) is 36.2 Å². The van der Waals surface area contributed by atoms with Gasteiger partial charge in [-0.15, -0.1) is 0 Å². The molecule has 0 radical (unpaired) electrons. The molecule has 0 saturated heterocycles. The Labute approximate surface area is 111 Å². The molecule has 0 amide bonds. The molecular weight excluding hydrogens is 229 g/mol. The predicted molar refractivity (Wildman–Crippen MR) is 76.3 cm³/mol. The van der Waals surface area contributed by atoms with Crippen molar-refractivity contribution in [2.75, 3.05) is 27.2 Å². The Kier molecular flexibility index (Phi) is 8.59. The van der Waals surface area contributed by atoms with Crippen molar-refractivity contribution in [1.82, 2.24) is 4.90 Å². The van der Waals surface area contributed by atoms with E-state index in [9.17, 15) is 4.39 Å². The highest BCUT2D eigenvalue weighted by molar-refractivity contribution is 5.31. The van der Waals surface area contributed by atoms with E-state index in [2.05, 4.69) is 18.9 Å². The molecule has 0 fully saturated rings. The van der Waals surface area contributed by atoms with E-state index in [1.54, 1.807) is 13.2 Å². The summed E-state index contributed by atoms with van der Waals surface area (Å²) in [4.78, 5) is 2.23. The largest absolute Gasteiger partial charge is 0.374 e. The first-order valence-electron chi connectivity index (χ1n) is 6.38. The van der Waals surface area contributed by atoms with Crippen molar-refractivity contribution >= 4 is 0 Å². The topological polar surface area (TPSA) is 12.5 Å². The standard InChI is InChI=1S/C15H26FNO/c1-6-9-14(10-8-12-16)15(3,18-5)11-13-17(4)7-2/h6,8-10,12H,7,11,13H2,1-5H3/b9-6-,12-8+,14-10+. The van der Waals surface area contributed by atoms with Crippen LogP contribution in [0.2, 0.25) is 0 Å². The fraction of sp³-hybridized carbons (Fsp3) is 0.600. The maximum Gasteiger partial charge on any atom is 0.0911 e. The monoisotopic (exact) mass is 255 g/mol. The average molecular weight is 255 g/mol. The number of allylic oxidation sites excluding steroid dienone is 3. The van der Waals surface area contributed by atoms with Crippen LogP contribution >= 0.6 is 0 Å². The van der Waals surface area contributed by atoms with Crippen molar-refractivity contribution in [2.24, 2.45) is 0 Å². The molecule has 0 spiro atoms. The molecule has 1 unspecified atom stereocenters. The molecule has 0 aliphatic carbocycles. The Bertz CT molecular complexity index is 310. The zero-order chi connectivity index (χ0) is 14.0. The molecule has 0 aromatic carbocycles. The van der Waals surface area contributed by atoms with Gasteiger partial charge in [0.15, 0.2) is 0 Å². The predicted octanol–water partition coefficient (Wildman–Crippen LogP) is 3.72. The SMILES string of the molecule is C\C=C/C(=C\C=C\F)C(C)(CCN(C)CC)OC. The second kappa shape index (κ2) is 9.06. The molecule has 0 N–H and O–H groups in total. The number of nitrogens with zero attached hydrogens (tertiary/aromatic N) is 1. The van der Waals surface area contributed by atoms with Crippen molar-refractivity contribution in [3.63, 3.8) is 0 Å². The maximum atomic E-state index is 12.2. The van der Waals surface area contributed by atoms with Crippen LogP contribution in [0, 0.1) is 0 Å². The summed E-state index contributed by atoms with van der Waals surface area (Å²) in [5.74, 6) is 0. The maximum absolute atomic E-state index is 12.2. The fourth-order valence-corrected chi connectivity index (χ4v) is 1.65. The van der Waals surface area contributed by atoms with Gasteiger partial charge in [-0.2, -0.15) is 0 Å². The van der Waals surface area contributed by atoms with Gasteiger partial charge in [-0.1, -0.05) is 25.2 Å². The van der Waals surface area contributed by atoms with Gasteiger partial charge in [0.05, 0.1) is 11.9 Å². The van der Waals surface area contributed by atoms with Crippen LogP contribution in [-0.2, 0) is 4.74 Å². The molecule has 0 aromatic rings. The molecule has 0 aliphatic rings. The Morgan fingerprint density at radius 2 is 2.11 bits per heavy atom. The van der Waals surface area contributed by atoms with Crippen molar-refractivity contribution in [2.45, 2.75) is 32.8 Å². The zero-order valence-electron chi connectivity index (χ0n) is 12.2. The van der Waals surface area contributed by atoms with Gasteiger partial charge < -0.3 is 9.64 Å². The molecule has 0 bridgehead atoms. The van der Waals surface area contributed by atoms with Gasteiger partial charge in [-0.3, -0.25) is 0 Å². The van der Waals surface area contributed by atoms with Gasteiger partial charge in [-0.25, -0.2) is 4.39 Å². The quantitative estimate of drug-likeness (QED) is 0.613. The Hall–Kier alpha value is -0.930. The third kappa shape index (κ3) is 5.61. The summed E-state index contributed by atoms with van der Waals surface area (Å²) in [5, 5.41) is 0. The zero-order valence-corrected chi connectivity index (χ0v) is 12.2. The molecule has 1 atom stereocenters. The first-order chi connectivity index (χ1) is 8.53. The lowest BCUT2D eigenvalue weighted by molar-refractivity contribution is 0.0273. The summed E-state index contributed by atoms with van der Waals surface area (Å²) >= 11 is 0. The minimum absolute atomic E-state index is 0.393. The average Bonchev–Trinajstić information content (AvgIpc) is 2.40. The fourth-order valence-electron chi connectivity index (χ4n) is 1.65. The molecule has 0 heterocycles. The van der Waals surface area contributed by atoms with Crippen LogP contribution in [0.4, 0.5) is 4.39 Å². The van der Waals surface area contributed by atoms with E-state index in [0.29, 0.717) is 6.33 Å². The summed E-state index contributed by atoms with van der Waals surface area (Å²) in [7, 11) is 3.78. The minimum Gasteiger partial charge on any atom is -0.374 e.